The molecule has 1 saturated heterocycles. The number of likely N-dealkylation sites (tertiary alicyclic amines) is 1. The molecule has 0 aliphatic carbocycles. The highest BCUT2D eigenvalue weighted by atomic mass is 16.5. The SMILES string of the molecule is Nc1cccc(OCC(O)CN2CCCC2CCCO)c1. The zero-order chi connectivity index (χ0) is 15.1. The highest BCUT2D eigenvalue weighted by molar-refractivity contribution is 5.43. The first-order valence-corrected chi connectivity index (χ1v) is 7.70. The van der Waals surface area contributed by atoms with E-state index < -0.39 is 6.10 Å². The number of hydrogen-bond donors (Lipinski definition) is 3. The van der Waals surface area contributed by atoms with Crippen molar-refractivity contribution in [2.24, 2.45) is 0 Å². The monoisotopic (exact) mass is 294 g/mol. The highest BCUT2D eigenvalue weighted by Gasteiger charge is 2.25. The Morgan fingerprint density at radius 2 is 2.29 bits per heavy atom. The number of rotatable bonds is 8. The van der Waals surface area contributed by atoms with Crippen LogP contribution < -0.4 is 10.5 Å². The van der Waals surface area contributed by atoms with Crippen LogP contribution in [0.15, 0.2) is 24.3 Å². The van der Waals surface area contributed by atoms with E-state index in [1.165, 1.54) is 6.42 Å². The van der Waals surface area contributed by atoms with Crippen LogP contribution >= 0.6 is 0 Å². The van der Waals surface area contributed by atoms with Crippen molar-refractivity contribution in [2.45, 2.75) is 37.8 Å². The van der Waals surface area contributed by atoms with E-state index in [-0.39, 0.29) is 13.2 Å². The lowest BCUT2D eigenvalue weighted by atomic mass is 10.1. The molecule has 5 heteroatoms. The second-order valence-corrected chi connectivity index (χ2v) is 5.69. The van der Waals surface area contributed by atoms with Crippen molar-refractivity contribution < 1.29 is 14.9 Å². The van der Waals surface area contributed by atoms with E-state index in [0.29, 0.717) is 24.0 Å². The van der Waals surface area contributed by atoms with Gasteiger partial charge in [0.25, 0.3) is 0 Å². The zero-order valence-corrected chi connectivity index (χ0v) is 12.4. The average molecular weight is 294 g/mol. The minimum Gasteiger partial charge on any atom is -0.491 e. The molecule has 2 unspecified atom stereocenters. The Kier molecular flexibility index (Phi) is 6.29. The van der Waals surface area contributed by atoms with Gasteiger partial charge in [-0.15, -0.1) is 0 Å². The van der Waals surface area contributed by atoms with Gasteiger partial charge in [-0.2, -0.15) is 0 Å². The van der Waals surface area contributed by atoms with Crippen molar-refractivity contribution in [1.82, 2.24) is 4.90 Å². The van der Waals surface area contributed by atoms with Gasteiger partial charge in [0.1, 0.15) is 18.5 Å². The largest absolute Gasteiger partial charge is 0.491 e. The summed E-state index contributed by atoms with van der Waals surface area (Å²) in [5, 5.41) is 19.1. The first kappa shape index (κ1) is 16.1. The van der Waals surface area contributed by atoms with Crippen LogP contribution in [0.2, 0.25) is 0 Å². The van der Waals surface area contributed by atoms with Crippen LogP contribution in [0, 0.1) is 0 Å². The molecule has 0 radical (unpaired) electrons. The van der Waals surface area contributed by atoms with Gasteiger partial charge < -0.3 is 20.7 Å². The molecule has 0 amide bonds. The first-order chi connectivity index (χ1) is 10.2. The number of hydrogen-bond acceptors (Lipinski definition) is 5. The number of benzene rings is 1. The fourth-order valence-electron chi connectivity index (χ4n) is 2.91. The molecule has 2 atom stereocenters. The third-order valence-corrected chi connectivity index (χ3v) is 3.94. The summed E-state index contributed by atoms with van der Waals surface area (Å²) in [5.41, 5.74) is 6.35. The smallest absolute Gasteiger partial charge is 0.121 e. The minimum atomic E-state index is -0.513. The Bertz CT molecular complexity index is 428. The number of nitrogens with zero attached hydrogens (tertiary/aromatic N) is 1. The van der Waals surface area contributed by atoms with Crippen LogP contribution in [0.3, 0.4) is 0 Å². The third-order valence-electron chi connectivity index (χ3n) is 3.94. The van der Waals surface area contributed by atoms with Gasteiger partial charge in [0, 0.05) is 30.9 Å². The maximum absolute atomic E-state index is 10.1. The molecule has 1 aliphatic heterocycles. The molecule has 0 saturated carbocycles. The molecule has 1 fully saturated rings. The molecular weight excluding hydrogens is 268 g/mol. The Morgan fingerprint density at radius 3 is 3.05 bits per heavy atom. The van der Waals surface area contributed by atoms with Gasteiger partial charge in [0.15, 0.2) is 0 Å². The molecule has 0 bridgehead atoms. The minimum absolute atomic E-state index is 0.242. The predicted octanol–water partition coefficient (Wildman–Crippen LogP) is 1.25. The average Bonchev–Trinajstić information content (AvgIpc) is 2.90. The van der Waals surface area contributed by atoms with Crippen molar-refractivity contribution in [3.05, 3.63) is 24.3 Å². The first-order valence-electron chi connectivity index (χ1n) is 7.70. The molecule has 4 N–H and O–H groups in total. The summed E-state index contributed by atoms with van der Waals surface area (Å²) in [6, 6.07) is 7.72. The molecule has 1 aromatic rings. The van der Waals surface area contributed by atoms with Crippen LogP contribution in [0.1, 0.15) is 25.7 Å². The number of anilines is 1. The number of aliphatic hydroxyl groups is 2. The van der Waals surface area contributed by atoms with Crippen LogP contribution in [0.4, 0.5) is 5.69 Å². The molecule has 5 nitrogen and oxygen atoms in total. The number of nitrogen functional groups attached to an aromatic ring is 1. The zero-order valence-electron chi connectivity index (χ0n) is 12.4. The Morgan fingerprint density at radius 1 is 1.43 bits per heavy atom. The van der Waals surface area contributed by atoms with Gasteiger partial charge >= 0.3 is 0 Å². The van der Waals surface area contributed by atoms with E-state index >= 15 is 0 Å². The van der Waals surface area contributed by atoms with E-state index in [0.717, 1.165) is 25.8 Å². The molecule has 1 heterocycles. The molecule has 0 spiro atoms. The van der Waals surface area contributed by atoms with Crippen molar-refractivity contribution in [3.63, 3.8) is 0 Å². The Balaban J connectivity index is 1.74. The molecule has 1 aliphatic rings. The fraction of sp³-hybridized carbons (Fsp3) is 0.625. The number of nitrogens with two attached hydrogens (primary N) is 1. The summed E-state index contributed by atoms with van der Waals surface area (Å²) in [5.74, 6) is 0.687. The maximum Gasteiger partial charge on any atom is 0.121 e. The lowest BCUT2D eigenvalue weighted by Gasteiger charge is -2.26. The number of aliphatic hydroxyl groups excluding tert-OH is 2. The van der Waals surface area contributed by atoms with Crippen LogP contribution in [0.25, 0.3) is 0 Å². The van der Waals surface area contributed by atoms with Crippen molar-refractivity contribution in [1.29, 1.82) is 0 Å². The van der Waals surface area contributed by atoms with Crippen molar-refractivity contribution >= 4 is 5.69 Å². The fourth-order valence-corrected chi connectivity index (χ4v) is 2.91. The summed E-state index contributed by atoms with van der Waals surface area (Å²) in [6.45, 7) is 2.15. The van der Waals surface area contributed by atoms with Gasteiger partial charge in [-0.3, -0.25) is 4.90 Å². The van der Waals surface area contributed by atoms with E-state index in [4.69, 9.17) is 15.6 Å². The number of ether oxygens (including phenoxy) is 1. The highest BCUT2D eigenvalue weighted by Crippen LogP contribution is 2.21. The molecule has 0 aromatic heterocycles. The summed E-state index contributed by atoms with van der Waals surface area (Å²) in [4.78, 5) is 2.31. The van der Waals surface area contributed by atoms with E-state index in [9.17, 15) is 5.11 Å². The summed E-state index contributed by atoms with van der Waals surface area (Å²) in [7, 11) is 0. The third kappa shape index (κ3) is 5.19. The standard InChI is InChI=1S/C16H26N2O3/c17-13-4-1-7-16(10-13)21-12-15(20)11-18-8-2-5-14(18)6-3-9-19/h1,4,7,10,14-15,19-20H,2-3,5-6,8-9,11-12,17H2. The Hall–Kier alpha value is -1.30. The lowest BCUT2D eigenvalue weighted by Crippen LogP contribution is -2.38. The lowest BCUT2D eigenvalue weighted by molar-refractivity contribution is 0.0617. The van der Waals surface area contributed by atoms with Gasteiger partial charge in [0.2, 0.25) is 0 Å². The topological polar surface area (TPSA) is 79.0 Å². The second kappa shape index (κ2) is 8.22. The molecule has 21 heavy (non-hydrogen) atoms. The molecule has 2 rings (SSSR count). The summed E-state index contributed by atoms with van der Waals surface area (Å²) >= 11 is 0. The van der Waals surface area contributed by atoms with E-state index in [1.54, 1.807) is 12.1 Å². The van der Waals surface area contributed by atoms with Crippen LogP contribution in [-0.2, 0) is 0 Å². The quantitative estimate of drug-likeness (QED) is 0.629. The van der Waals surface area contributed by atoms with E-state index in [1.807, 2.05) is 12.1 Å². The summed E-state index contributed by atoms with van der Waals surface area (Å²) < 4.78 is 5.58. The predicted molar refractivity (Wildman–Crippen MR) is 83.3 cm³/mol. The normalized spacial score (nSPS) is 20.6. The molecular formula is C16H26N2O3. The van der Waals surface area contributed by atoms with E-state index in [2.05, 4.69) is 4.90 Å². The van der Waals surface area contributed by atoms with Gasteiger partial charge in [-0.1, -0.05) is 6.07 Å². The summed E-state index contributed by atoms with van der Waals surface area (Å²) in [6.07, 6.45) is 3.64. The maximum atomic E-state index is 10.1. The molecule has 118 valence electrons. The van der Waals surface area contributed by atoms with Crippen LogP contribution in [-0.4, -0.2) is 53.6 Å². The van der Waals surface area contributed by atoms with Gasteiger partial charge in [-0.05, 0) is 44.4 Å². The van der Waals surface area contributed by atoms with Gasteiger partial charge in [-0.25, -0.2) is 0 Å². The second-order valence-electron chi connectivity index (χ2n) is 5.69. The van der Waals surface area contributed by atoms with Gasteiger partial charge in [0.05, 0.1) is 0 Å². The van der Waals surface area contributed by atoms with Crippen LogP contribution in [0.5, 0.6) is 5.75 Å². The van der Waals surface area contributed by atoms with Crippen molar-refractivity contribution in [3.8, 4) is 5.75 Å². The number of β-amino-alcohol motifs (C(OH)–C–C–N with tert-alkyl or cyclic N) is 1. The van der Waals surface area contributed by atoms with Crippen molar-refractivity contribution in [2.75, 3.05) is 32.0 Å². The Labute approximate surface area is 126 Å². The molecule has 1 aromatic carbocycles.